The van der Waals surface area contributed by atoms with Crippen LogP contribution < -0.4 is 14.8 Å². The number of halogens is 1. The summed E-state index contributed by atoms with van der Waals surface area (Å²) in [6.45, 7) is 0. The fourth-order valence-electron chi connectivity index (χ4n) is 2.02. The van der Waals surface area contributed by atoms with Gasteiger partial charge in [-0.25, -0.2) is 0 Å². The molecule has 2 rings (SSSR count). The van der Waals surface area contributed by atoms with Crippen LogP contribution in [0.4, 0.5) is 11.4 Å². The maximum Gasteiger partial charge on any atom is 0.287 e. The molecule has 1 amide bonds. The molecule has 0 saturated heterocycles. The summed E-state index contributed by atoms with van der Waals surface area (Å²) in [6, 6.07) is 4.20. The Kier molecular flexibility index (Phi) is 4.75. The van der Waals surface area contributed by atoms with Crippen LogP contribution in [-0.2, 0) is 7.05 Å². The van der Waals surface area contributed by atoms with E-state index in [4.69, 9.17) is 21.1 Å². The second kappa shape index (κ2) is 6.57. The van der Waals surface area contributed by atoms with Gasteiger partial charge < -0.3 is 19.4 Å². The van der Waals surface area contributed by atoms with Gasteiger partial charge in [0, 0.05) is 19.2 Å². The molecule has 0 fully saturated rings. The topological polar surface area (TPSA) is 95.6 Å². The van der Waals surface area contributed by atoms with Crippen molar-refractivity contribution in [2.45, 2.75) is 0 Å². The Labute approximate surface area is 136 Å². The molecule has 0 saturated carbocycles. The van der Waals surface area contributed by atoms with Crippen molar-refractivity contribution in [3.05, 3.63) is 45.2 Å². The highest BCUT2D eigenvalue weighted by Crippen LogP contribution is 2.36. The normalized spacial score (nSPS) is 10.3. The molecule has 23 heavy (non-hydrogen) atoms. The van der Waals surface area contributed by atoms with E-state index >= 15 is 0 Å². The number of nitrogens with one attached hydrogen (secondary N) is 1. The van der Waals surface area contributed by atoms with Crippen molar-refractivity contribution in [1.82, 2.24) is 4.57 Å². The molecule has 0 unspecified atom stereocenters. The Balaban J connectivity index is 2.33. The van der Waals surface area contributed by atoms with E-state index in [-0.39, 0.29) is 11.4 Å². The molecule has 1 N–H and O–H groups in total. The Morgan fingerprint density at radius 2 is 1.91 bits per heavy atom. The quantitative estimate of drug-likeness (QED) is 0.667. The summed E-state index contributed by atoms with van der Waals surface area (Å²) in [5.74, 6) is 0.222. The van der Waals surface area contributed by atoms with E-state index in [0.29, 0.717) is 22.2 Å². The van der Waals surface area contributed by atoms with Gasteiger partial charge in [0.05, 0.1) is 36.0 Å². The van der Waals surface area contributed by atoms with Crippen molar-refractivity contribution >= 4 is 28.9 Å². The SMILES string of the molecule is COc1cc(OC)c(NC(=O)c2cc([N+](=O)[O-])cn2C)cc1Cl. The maximum absolute atomic E-state index is 12.3. The molecule has 0 radical (unpaired) electrons. The number of nitrogens with zero attached hydrogens (tertiary/aromatic N) is 2. The minimum Gasteiger partial charge on any atom is -0.495 e. The van der Waals surface area contributed by atoms with Gasteiger partial charge in [-0.3, -0.25) is 14.9 Å². The largest absolute Gasteiger partial charge is 0.495 e. The smallest absolute Gasteiger partial charge is 0.287 e. The minimum atomic E-state index is -0.568. The van der Waals surface area contributed by atoms with Gasteiger partial charge in [0.25, 0.3) is 11.6 Å². The van der Waals surface area contributed by atoms with Gasteiger partial charge in [-0.1, -0.05) is 11.6 Å². The molecular formula is C14H14ClN3O5. The molecule has 8 nitrogen and oxygen atoms in total. The van der Waals surface area contributed by atoms with E-state index in [9.17, 15) is 14.9 Å². The summed E-state index contributed by atoms with van der Waals surface area (Å²) in [4.78, 5) is 22.5. The Hall–Kier alpha value is -2.74. The number of benzene rings is 1. The molecule has 1 heterocycles. The lowest BCUT2D eigenvalue weighted by Gasteiger charge is -2.13. The monoisotopic (exact) mass is 339 g/mol. The van der Waals surface area contributed by atoms with E-state index < -0.39 is 10.8 Å². The van der Waals surface area contributed by atoms with Gasteiger partial charge in [-0.15, -0.1) is 0 Å². The standard InChI is InChI=1S/C14H14ClN3O5/c1-17-7-8(18(20)21)4-11(17)14(19)16-10-5-9(15)12(22-2)6-13(10)23-3/h4-7H,1-3H3,(H,16,19). The molecule has 0 bridgehead atoms. The van der Waals surface area contributed by atoms with Crippen LogP contribution in [-0.4, -0.2) is 29.6 Å². The van der Waals surface area contributed by atoms with E-state index in [2.05, 4.69) is 5.32 Å². The van der Waals surface area contributed by atoms with Crippen LogP contribution in [0.15, 0.2) is 24.4 Å². The number of methoxy groups -OCH3 is 2. The molecule has 122 valence electrons. The minimum absolute atomic E-state index is 0.130. The number of anilines is 1. The van der Waals surface area contributed by atoms with Crippen molar-refractivity contribution in [1.29, 1.82) is 0 Å². The van der Waals surface area contributed by atoms with Crippen molar-refractivity contribution in [3.8, 4) is 11.5 Å². The van der Waals surface area contributed by atoms with Gasteiger partial charge >= 0.3 is 0 Å². The maximum atomic E-state index is 12.3. The average molecular weight is 340 g/mol. The van der Waals surface area contributed by atoms with E-state index in [1.165, 1.54) is 43.2 Å². The highest BCUT2D eigenvalue weighted by Gasteiger charge is 2.19. The third-order valence-corrected chi connectivity index (χ3v) is 3.45. The fraction of sp³-hybridized carbons (Fsp3) is 0.214. The predicted molar refractivity (Wildman–Crippen MR) is 84.6 cm³/mol. The number of aryl methyl sites for hydroxylation is 1. The first-order chi connectivity index (χ1) is 10.9. The van der Waals surface area contributed by atoms with Crippen LogP contribution in [0.2, 0.25) is 5.02 Å². The number of aromatic nitrogens is 1. The van der Waals surface area contributed by atoms with Crippen molar-refractivity contribution in [2.24, 2.45) is 7.05 Å². The molecule has 0 aliphatic rings. The van der Waals surface area contributed by atoms with Crippen LogP contribution in [0.1, 0.15) is 10.5 Å². The summed E-state index contributed by atoms with van der Waals surface area (Å²) in [7, 11) is 4.44. The number of hydrogen-bond donors (Lipinski definition) is 1. The summed E-state index contributed by atoms with van der Waals surface area (Å²) >= 11 is 6.04. The first-order valence-corrected chi connectivity index (χ1v) is 6.78. The zero-order chi connectivity index (χ0) is 17.1. The Bertz CT molecular complexity index is 772. The van der Waals surface area contributed by atoms with E-state index in [1.807, 2.05) is 0 Å². The van der Waals surface area contributed by atoms with Crippen LogP contribution >= 0.6 is 11.6 Å². The van der Waals surface area contributed by atoms with Crippen LogP contribution in [0.25, 0.3) is 0 Å². The summed E-state index contributed by atoms with van der Waals surface area (Å²) in [5, 5.41) is 13.7. The second-order valence-electron chi connectivity index (χ2n) is 4.59. The summed E-state index contributed by atoms with van der Waals surface area (Å²) < 4.78 is 11.6. The first-order valence-electron chi connectivity index (χ1n) is 6.41. The fourth-order valence-corrected chi connectivity index (χ4v) is 2.26. The number of carbonyl (C=O) groups excluding carboxylic acids is 1. The zero-order valence-electron chi connectivity index (χ0n) is 12.6. The Morgan fingerprint density at radius 3 is 2.43 bits per heavy atom. The third-order valence-electron chi connectivity index (χ3n) is 3.16. The number of amides is 1. The first kappa shape index (κ1) is 16.6. The highest BCUT2D eigenvalue weighted by molar-refractivity contribution is 6.32. The molecule has 0 aliphatic heterocycles. The second-order valence-corrected chi connectivity index (χ2v) is 5.00. The third kappa shape index (κ3) is 3.37. The summed E-state index contributed by atoms with van der Waals surface area (Å²) in [5.41, 5.74) is 0.287. The van der Waals surface area contributed by atoms with Gasteiger partial charge in [0.15, 0.2) is 0 Å². The van der Waals surface area contributed by atoms with Crippen LogP contribution in [0.3, 0.4) is 0 Å². The van der Waals surface area contributed by atoms with Crippen molar-refractivity contribution in [2.75, 3.05) is 19.5 Å². The van der Waals surface area contributed by atoms with E-state index in [1.54, 1.807) is 7.05 Å². The predicted octanol–water partition coefficient (Wildman–Crippen LogP) is 2.86. The van der Waals surface area contributed by atoms with Gasteiger partial charge in [0.2, 0.25) is 0 Å². The number of rotatable bonds is 5. The highest BCUT2D eigenvalue weighted by atomic mass is 35.5. The lowest BCUT2D eigenvalue weighted by atomic mass is 10.2. The summed E-state index contributed by atoms with van der Waals surface area (Å²) in [6.07, 6.45) is 1.26. The molecule has 2 aromatic rings. The lowest BCUT2D eigenvalue weighted by Crippen LogP contribution is -2.16. The number of ether oxygens (including phenoxy) is 2. The van der Waals surface area contributed by atoms with Gasteiger partial charge in [-0.2, -0.15) is 0 Å². The van der Waals surface area contributed by atoms with Crippen LogP contribution in [0, 0.1) is 10.1 Å². The molecule has 0 atom stereocenters. The Morgan fingerprint density at radius 1 is 1.26 bits per heavy atom. The molecule has 1 aromatic carbocycles. The molecule has 0 aliphatic carbocycles. The molecule has 1 aromatic heterocycles. The van der Waals surface area contributed by atoms with Crippen molar-refractivity contribution < 1.29 is 19.2 Å². The lowest BCUT2D eigenvalue weighted by molar-refractivity contribution is -0.384. The van der Waals surface area contributed by atoms with Gasteiger partial charge in [0.1, 0.15) is 17.2 Å². The van der Waals surface area contributed by atoms with Gasteiger partial charge in [-0.05, 0) is 6.07 Å². The van der Waals surface area contributed by atoms with E-state index in [0.717, 1.165) is 0 Å². The van der Waals surface area contributed by atoms with Crippen LogP contribution in [0.5, 0.6) is 11.5 Å². The zero-order valence-corrected chi connectivity index (χ0v) is 13.4. The average Bonchev–Trinajstić information content (AvgIpc) is 2.90. The number of hydrogen-bond acceptors (Lipinski definition) is 5. The molecule has 0 spiro atoms. The molecular weight excluding hydrogens is 326 g/mol. The molecule has 9 heteroatoms. The van der Waals surface area contributed by atoms with Crippen molar-refractivity contribution in [3.63, 3.8) is 0 Å². The number of nitro groups is 1. The number of carbonyl (C=O) groups is 1.